The SMILES string of the molecule is CN1CCC(Cc2ccc(-c3cccc(C(=O)O)c3)cc2)C1=O. The highest BCUT2D eigenvalue weighted by Gasteiger charge is 2.28. The number of aromatic carboxylic acids is 1. The zero-order chi connectivity index (χ0) is 16.4. The molecule has 23 heavy (non-hydrogen) atoms. The minimum Gasteiger partial charge on any atom is -0.478 e. The van der Waals surface area contributed by atoms with Crippen LogP contribution in [-0.2, 0) is 11.2 Å². The monoisotopic (exact) mass is 309 g/mol. The average Bonchev–Trinajstić information content (AvgIpc) is 2.88. The lowest BCUT2D eigenvalue weighted by Crippen LogP contribution is -2.23. The average molecular weight is 309 g/mol. The Labute approximate surface area is 135 Å². The number of hydrogen-bond acceptors (Lipinski definition) is 2. The largest absolute Gasteiger partial charge is 0.478 e. The first-order chi connectivity index (χ1) is 11.0. The molecule has 0 bridgehead atoms. The molecule has 1 aliphatic heterocycles. The summed E-state index contributed by atoms with van der Waals surface area (Å²) in [6, 6.07) is 14.9. The molecule has 2 aromatic carbocycles. The minimum atomic E-state index is -0.924. The van der Waals surface area contributed by atoms with Crippen LogP contribution in [0.5, 0.6) is 0 Å². The highest BCUT2D eigenvalue weighted by atomic mass is 16.4. The number of rotatable bonds is 4. The Hall–Kier alpha value is -2.62. The summed E-state index contributed by atoms with van der Waals surface area (Å²) in [5, 5.41) is 9.07. The minimum absolute atomic E-state index is 0.0844. The number of hydrogen-bond donors (Lipinski definition) is 1. The van der Waals surface area contributed by atoms with Gasteiger partial charge in [0.15, 0.2) is 0 Å². The maximum atomic E-state index is 12.0. The van der Waals surface area contributed by atoms with Crippen LogP contribution >= 0.6 is 0 Å². The van der Waals surface area contributed by atoms with E-state index in [1.54, 1.807) is 23.1 Å². The van der Waals surface area contributed by atoms with Crippen molar-refractivity contribution in [2.24, 2.45) is 5.92 Å². The lowest BCUT2D eigenvalue weighted by Gasteiger charge is -2.11. The van der Waals surface area contributed by atoms with Crippen LogP contribution in [0.3, 0.4) is 0 Å². The fourth-order valence-electron chi connectivity index (χ4n) is 3.03. The third-order valence-corrected chi connectivity index (χ3v) is 4.42. The van der Waals surface area contributed by atoms with Gasteiger partial charge in [-0.15, -0.1) is 0 Å². The van der Waals surface area contributed by atoms with Crippen LogP contribution < -0.4 is 0 Å². The highest BCUT2D eigenvalue weighted by molar-refractivity contribution is 5.89. The van der Waals surface area contributed by atoms with Gasteiger partial charge >= 0.3 is 5.97 Å². The van der Waals surface area contributed by atoms with Crippen molar-refractivity contribution in [3.8, 4) is 11.1 Å². The fourth-order valence-corrected chi connectivity index (χ4v) is 3.03. The summed E-state index contributed by atoms with van der Waals surface area (Å²) in [5.41, 5.74) is 3.28. The predicted octanol–water partition coefficient (Wildman–Crippen LogP) is 3.07. The van der Waals surface area contributed by atoms with Gasteiger partial charge in [0.05, 0.1) is 5.56 Å². The van der Waals surface area contributed by atoms with E-state index in [1.165, 1.54) is 0 Å². The molecule has 1 heterocycles. The van der Waals surface area contributed by atoms with Gasteiger partial charge in [-0.2, -0.15) is 0 Å². The van der Waals surface area contributed by atoms with Gasteiger partial charge in [0.25, 0.3) is 0 Å². The van der Waals surface area contributed by atoms with Crippen molar-refractivity contribution in [1.29, 1.82) is 0 Å². The van der Waals surface area contributed by atoms with Crippen molar-refractivity contribution in [2.45, 2.75) is 12.8 Å². The van der Waals surface area contributed by atoms with Crippen molar-refractivity contribution in [1.82, 2.24) is 4.90 Å². The van der Waals surface area contributed by atoms with E-state index >= 15 is 0 Å². The number of benzene rings is 2. The number of amides is 1. The van der Waals surface area contributed by atoms with Gasteiger partial charge in [-0.3, -0.25) is 4.79 Å². The van der Waals surface area contributed by atoms with E-state index < -0.39 is 5.97 Å². The fraction of sp³-hybridized carbons (Fsp3) is 0.263. The van der Waals surface area contributed by atoms with Crippen LogP contribution in [0.15, 0.2) is 48.5 Å². The van der Waals surface area contributed by atoms with E-state index in [9.17, 15) is 9.59 Å². The topological polar surface area (TPSA) is 57.6 Å². The summed E-state index contributed by atoms with van der Waals surface area (Å²) in [6.07, 6.45) is 1.68. The van der Waals surface area contributed by atoms with Crippen molar-refractivity contribution in [3.05, 3.63) is 59.7 Å². The Morgan fingerprint density at radius 2 is 1.91 bits per heavy atom. The predicted molar refractivity (Wildman–Crippen MR) is 88.3 cm³/mol. The molecule has 3 rings (SSSR count). The smallest absolute Gasteiger partial charge is 0.335 e. The zero-order valence-corrected chi connectivity index (χ0v) is 13.0. The molecular weight excluding hydrogens is 290 g/mol. The molecule has 1 aliphatic rings. The Bertz CT molecular complexity index is 737. The Balaban J connectivity index is 1.76. The van der Waals surface area contributed by atoms with Gasteiger partial charge in [0.2, 0.25) is 5.91 Å². The maximum absolute atomic E-state index is 12.0. The van der Waals surface area contributed by atoms with E-state index in [-0.39, 0.29) is 17.4 Å². The molecule has 4 nitrogen and oxygen atoms in total. The number of nitrogens with zero attached hydrogens (tertiary/aromatic N) is 1. The molecule has 0 aliphatic carbocycles. The Morgan fingerprint density at radius 3 is 2.52 bits per heavy atom. The van der Waals surface area contributed by atoms with Crippen LogP contribution in [0.1, 0.15) is 22.3 Å². The molecule has 0 saturated carbocycles. The van der Waals surface area contributed by atoms with Gasteiger partial charge in [0.1, 0.15) is 0 Å². The second-order valence-electron chi connectivity index (χ2n) is 6.03. The molecule has 0 spiro atoms. The second kappa shape index (κ2) is 6.24. The molecule has 1 saturated heterocycles. The highest BCUT2D eigenvalue weighted by Crippen LogP contribution is 2.24. The van der Waals surface area contributed by atoms with Crippen LogP contribution in [0.4, 0.5) is 0 Å². The van der Waals surface area contributed by atoms with E-state index in [4.69, 9.17) is 5.11 Å². The summed E-state index contributed by atoms with van der Waals surface area (Å²) in [7, 11) is 1.85. The van der Waals surface area contributed by atoms with Crippen LogP contribution in [0.25, 0.3) is 11.1 Å². The van der Waals surface area contributed by atoms with Gasteiger partial charge in [-0.25, -0.2) is 4.79 Å². The lowest BCUT2D eigenvalue weighted by atomic mass is 9.95. The van der Waals surface area contributed by atoms with Crippen LogP contribution in [0.2, 0.25) is 0 Å². The lowest BCUT2D eigenvalue weighted by molar-refractivity contribution is -0.129. The van der Waals surface area contributed by atoms with Crippen LogP contribution in [-0.4, -0.2) is 35.5 Å². The van der Waals surface area contributed by atoms with E-state index in [0.717, 1.165) is 36.1 Å². The molecule has 118 valence electrons. The molecule has 1 unspecified atom stereocenters. The molecule has 0 aromatic heterocycles. The van der Waals surface area contributed by atoms with Crippen molar-refractivity contribution < 1.29 is 14.7 Å². The van der Waals surface area contributed by atoms with Gasteiger partial charge in [-0.1, -0.05) is 36.4 Å². The Morgan fingerprint density at radius 1 is 1.17 bits per heavy atom. The van der Waals surface area contributed by atoms with Gasteiger partial charge in [-0.05, 0) is 41.7 Å². The van der Waals surface area contributed by atoms with Crippen molar-refractivity contribution in [2.75, 3.05) is 13.6 Å². The normalized spacial score (nSPS) is 17.5. The van der Waals surface area contributed by atoms with Gasteiger partial charge in [0, 0.05) is 19.5 Å². The quantitative estimate of drug-likeness (QED) is 0.944. The number of carbonyl (C=O) groups is 2. The van der Waals surface area contributed by atoms with Crippen molar-refractivity contribution >= 4 is 11.9 Å². The van der Waals surface area contributed by atoms with Crippen molar-refractivity contribution in [3.63, 3.8) is 0 Å². The first-order valence-electron chi connectivity index (χ1n) is 7.72. The Kier molecular flexibility index (Phi) is 4.15. The molecular formula is C19H19NO3. The second-order valence-corrected chi connectivity index (χ2v) is 6.03. The van der Waals surface area contributed by atoms with E-state index in [2.05, 4.69) is 0 Å². The number of carboxylic acids is 1. The maximum Gasteiger partial charge on any atom is 0.335 e. The molecule has 1 N–H and O–H groups in total. The summed E-state index contributed by atoms with van der Waals surface area (Å²) in [4.78, 5) is 24.8. The molecule has 1 fully saturated rings. The summed E-state index contributed by atoms with van der Waals surface area (Å²) < 4.78 is 0. The summed E-state index contributed by atoms with van der Waals surface area (Å²) in [6.45, 7) is 0.837. The van der Waals surface area contributed by atoms with E-state index in [1.807, 2.05) is 37.4 Å². The molecule has 4 heteroatoms. The first kappa shape index (κ1) is 15.3. The summed E-state index contributed by atoms with van der Waals surface area (Å²) >= 11 is 0. The molecule has 2 aromatic rings. The number of carboxylic acid groups (broad SMARTS) is 1. The van der Waals surface area contributed by atoms with Gasteiger partial charge < -0.3 is 10.0 Å². The first-order valence-corrected chi connectivity index (χ1v) is 7.72. The third kappa shape index (κ3) is 3.26. The zero-order valence-electron chi connectivity index (χ0n) is 13.0. The third-order valence-electron chi connectivity index (χ3n) is 4.42. The number of carbonyl (C=O) groups excluding carboxylic acids is 1. The van der Waals surface area contributed by atoms with E-state index in [0.29, 0.717) is 0 Å². The molecule has 1 amide bonds. The molecule has 1 atom stereocenters. The standard InChI is InChI=1S/C19H19NO3/c1-20-10-9-16(18(20)21)11-13-5-7-14(8-6-13)15-3-2-4-17(12-15)19(22)23/h2-8,12,16H,9-11H2,1H3,(H,22,23). The molecule has 0 radical (unpaired) electrons. The number of likely N-dealkylation sites (tertiary alicyclic amines) is 1. The van der Waals surface area contributed by atoms with Crippen LogP contribution in [0, 0.1) is 5.92 Å². The summed E-state index contributed by atoms with van der Waals surface area (Å²) in [5.74, 6) is -0.614.